The molecule has 0 unspecified atom stereocenters. The Hall–Kier alpha value is -2.35. The van der Waals surface area contributed by atoms with E-state index in [2.05, 4.69) is 20.8 Å². The second-order valence-corrected chi connectivity index (χ2v) is 4.47. The fraction of sp³-hybridized carbons (Fsp3) is 0.417. The number of carbonyl (C=O) groups excluding carboxylic acids is 1. The molecular weight excluding hydrogens is 260 g/mol. The van der Waals surface area contributed by atoms with E-state index < -0.39 is 0 Å². The minimum atomic E-state index is -0.359. The van der Waals surface area contributed by atoms with Gasteiger partial charge in [0.25, 0.3) is 0 Å². The normalized spacial score (nSPS) is 12.2. The zero-order chi connectivity index (χ0) is 14.5. The maximum atomic E-state index is 11.8. The predicted octanol–water partition coefficient (Wildman–Crippen LogP) is 1.47. The molecule has 0 aliphatic heterocycles. The van der Waals surface area contributed by atoms with Crippen LogP contribution in [0, 0.1) is 0 Å². The number of ether oxygens (including phenoxy) is 1. The van der Waals surface area contributed by atoms with Crippen molar-refractivity contribution in [2.45, 2.75) is 13.0 Å². The van der Waals surface area contributed by atoms with Crippen LogP contribution in [0.2, 0.25) is 0 Å². The zero-order valence-corrected chi connectivity index (χ0v) is 11.7. The molecule has 2 amide bonds. The minimum absolute atomic E-state index is 0.108. The van der Waals surface area contributed by atoms with Gasteiger partial charge in [0, 0.05) is 32.6 Å². The third kappa shape index (κ3) is 3.58. The van der Waals surface area contributed by atoms with Crippen LogP contribution in [0.15, 0.2) is 24.7 Å². The van der Waals surface area contributed by atoms with Gasteiger partial charge in [-0.05, 0) is 6.92 Å². The maximum absolute atomic E-state index is 11.8. The first-order chi connectivity index (χ1) is 9.58. The van der Waals surface area contributed by atoms with Crippen LogP contribution in [0.4, 0.5) is 16.3 Å². The van der Waals surface area contributed by atoms with Crippen LogP contribution in [0.1, 0.15) is 13.0 Å². The van der Waals surface area contributed by atoms with Crippen molar-refractivity contribution in [1.29, 1.82) is 0 Å². The summed E-state index contributed by atoms with van der Waals surface area (Å²) >= 11 is 0. The standard InChI is InChI=1S/C12H18N6O2/c1-9(8-20-3)18-5-4-11(16-18)15-12(19)14-10-6-13-17(2)7-10/h4-7,9H,8H2,1-3H3,(H2,14,15,16,19)/t9-/m1/s1. The Labute approximate surface area is 116 Å². The van der Waals surface area contributed by atoms with Gasteiger partial charge in [0.15, 0.2) is 5.82 Å². The molecule has 0 bridgehead atoms. The molecule has 1 atom stereocenters. The molecule has 8 heteroatoms. The fourth-order valence-corrected chi connectivity index (χ4v) is 1.73. The monoisotopic (exact) mass is 278 g/mol. The smallest absolute Gasteiger partial charge is 0.324 e. The van der Waals surface area contributed by atoms with E-state index in [0.29, 0.717) is 18.1 Å². The highest BCUT2D eigenvalue weighted by atomic mass is 16.5. The first-order valence-electron chi connectivity index (χ1n) is 6.19. The number of rotatable bonds is 5. The second-order valence-electron chi connectivity index (χ2n) is 4.47. The van der Waals surface area contributed by atoms with Crippen molar-refractivity contribution in [3.05, 3.63) is 24.7 Å². The van der Waals surface area contributed by atoms with Crippen LogP contribution >= 0.6 is 0 Å². The number of aromatic nitrogens is 4. The van der Waals surface area contributed by atoms with E-state index in [1.165, 1.54) is 0 Å². The van der Waals surface area contributed by atoms with Gasteiger partial charge in [-0.25, -0.2) is 4.79 Å². The lowest BCUT2D eigenvalue weighted by atomic mass is 10.4. The Kier molecular flexibility index (Phi) is 4.36. The highest BCUT2D eigenvalue weighted by Gasteiger charge is 2.09. The summed E-state index contributed by atoms with van der Waals surface area (Å²) in [4.78, 5) is 11.8. The van der Waals surface area contributed by atoms with E-state index in [9.17, 15) is 4.79 Å². The number of anilines is 2. The molecule has 0 radical (unpaired) electrons. The molecule has 0 aliphatic carbocycles. The minimum Gasteiger partial charge on any atom is -0.382 e. The molecule has 2 heterocycles. The van der Waals surface area contributed by atoms with Crippen LogP contribution in [0.5, 0.6) is 0 Å². The number of nitrogens with one attached hydrogen (secondary N) is 2. The lowest BCUT2D eigenvalue weighted by Crippen LogP contribution is -2.20. The maximum Gasteiger partial charge on any atom is 0.324 e. The zero-order valence-electron chi connectivity index (χ0n) is 11.7. The summed E-state index contributed by atoms with van der Waals surface area (Å²) in [5.41, 5.74) is 0.622. The van der Waals surface area contributed by atoms with Crippen molar-refractivity contribution in [2.24, 2.45) is 7.05 Å². The number of hydrogen-bond donors (Lipinski definition) is 2. The summed E-state index contributed by atoms with van der Waals surface area (Å²) in [5, 5.41) is 13.5. The van der Waals surface area contributed by atoms with E-state index in [4.69, 9.17) is 4.74 Å². The van der Waals surface area contributed by atoms with Gasteiger partial charge in [-0.1, -0.05) is 0 Å². The first-order valence-corrected chi connectivity index (χ1v) is 6.19. The second kappa shape index (κ2) is 6.20. The molecule has 0 saturated heterocycles. The fourth-order valence-electron chi connectivity index (χ4n) is 1.73. The number of carbonyl (C=O) groups is 1. The summed E-state index contributed by atoms with van der Waals surface area (Å²) in [5.74, 6) is 0.481. The van der Waals surface area contributed by atoms with Crippen LogP contribution in [-0.4, -0.2) is 39.3 Å². The molecule has 0 aliphatic rings. The molecule has 8 nitrogen and oxygen atoms in total. The molecule has 20 heavy (non-hydrogen) atoms. The lowest BCUT2D eigenvalue weighted by molar-refractivity contribution is 0.157. The summed E-state index contributed by atoms with van der Waals surface area (Å²) in [6.07, 6.45) is 5.07. The SMILES string of the molecule is COC[C@@H](C)n1ccc(NC(=O)Nc2cnn(C)c2)n1. The number of aryl methyl sites for hydroxylation is 1. The number of methoxy groups -OCH3 is 1. The number of hydrogen-bond acceptors (Lipinski definition) is 4. The summed E-state index contributed by atoms with van der Waals surface area (Å²) in [7, 11) is 3.42. The Balaban J connectivity index is 1.91. The van der Waals surface area contributed by atoms with Crippen molar-refractivity contribution in [3.8, 4) is 0 Å². The number of nitrogens with zero attached hydrogens (tertiary/aromatic N) is 4. The molecular formula is C12H18N6O2. The van der Waals surface area contributed by atoms with E-state index in [1.807, 2.05) is 6.92 Å². The Morgan fingerprint density at radius 2 is 2.30 bits per heavy atom. The van der Waals surface area contributed by atoms with Gasteiger partial charge < -0.3 is 10.1 Å². The van der Waals surface area contributed by atoms with Gasteiger partial charge >= 0.3 is 6.03 Å². The molecule has 0 saturated carbocycles. The molecule has 2 N–H and O–H groups in total. The topological polar surface area (TPSA) is 86.0 Å². The van der Waals surface area contributed by atoms with Crippen LogP contribution in [0.25, 0.3) is 0 Å². The third-order valence-electron chi connectivity index (χ3n) is 2.67. The quantitative estimate of drug-likeness (QED) is 0.867. The van der Waals surface area contributed by atoms with Gasteiger partial charge in [-0.3, -0.25) is 14.7 Å². The Morgan fingerprint density at radius 3 is 2.95 bits per heavy atom. The summed E-state index contributed by atoms with van der Waals surface area (Å²) in [6, 6.07) is 1.48. The number of amides is 2. The van der Waals surface area contributed by atoms with Crippen molar-refractivity contribution < 1.29 is 9.53 Å². The van der Waals surface area contributed by atoms with Gasteiger partial charge in [0.05, 0.1) is 24.5 Å². The average molecular weight is 278 g/mol. The van der Waals surface area contributed by atoms with E-state index in [1.54, 1.807) is 48.2 Å². The highest BCUT2D eigenvalue weighted by Crippen LogP contribution is 2.10. The van der Waals surface area contributed by atoms with Crippen molar-refractivity contribution in [3.63, 3.8) is 0 Å². The Morgan fingerprint density at radius 1 is 1.50 bits per heavy atom. The van der Waals surface area contributed by atoms with Gasteiger partial charge in [0.1, 0.15) is 0 Å². The van der Waals surface area contributed by atoms with Crippen LogP contribution in [0.3, 0.4) is 0 Å². The van der Waals surface area contributed by atoms with Gasteiger partial charge in [0.2, 0.25) is 0 Å². The van der Waals surface area contributed by atoms with Crippen LogP contribution in [-0.2, 0) is 11.8 Å². The van der Waals surface area contributed by atoms with Gasteiger partial charge in [-0.2, -0.15) is 10.2 Å². The predicted molar refractivity (Wildman–Crippen MR) is 74.7 cm³/mol. The number of urea groups is 1. The van der Waals surface area contributed by atoms with E-state index >= 15 is 0 Å². The first kappa shape index (κ1) is 14.1. The summed E-state index contributed by atoms with van der Waals surface area (Å²) in [6.45, 7) is 2.54. The lowest BCUT2D eigenvalue weighted by Gasteiger charge is -2.10. The largest absolute Gasteiger partial charge is 0.382 e. The molecule has 0 fully saturated rings. The van der Waals surface area contributed by atoms with E-state index in [-0.39, 0.29) is 12.1 Å². The molecule has 2 rings (SSSR count). The highest BCUT2D eigenvalue weighted by molar-refractivity contribution is 5.98. The molecule has 0 aromatic carbocycles. The van der Waals surface area contributed by atoms with Gasteiger partial charge in [-0.15, -0.1) is 0 Å². The summed E-state index contributed by atoms with van der Waals surface area (Å²) < 4.78 is 8.41. The Bertz CT molecular complexity index is 576. The third-order valence-corrected chi connectivity index (χ3v) is 2.67. The van der Waals surface area contributed by atoms with Crippen molar-refractivity contribution >= 4 is 17.5 Å². The van der Waals surface area contributed by atoms with Crippen molar-refractivity contribution in [1.82, 2.24) is 19.6 Å². The van der Waals surface area contributed by atoms with Crippen LogP contribution < -0.4 is 10.6 Å². The molecule has 108 valence electrons. The molecule has 0 spiro atoms. The molecule has 2 aromatic rings. The molecule has 2 aromatic heterocycles. The average Bonchev–Trinajstić information content (AvgIpc) is 2.99. The van der Waals surface area contributed by atoms with Crippen molar-refractivity contribution in [2.75, 3.05) is 24.4 Å². The van der Waals surface area contributed by atoms with E-state index in [0.717, 1.165) is 0 Å².